The molecule has 0 radical (unpaired) electrons. The van der Waals surface area contributed by atoms with Crippen LogP contribution in [0.3, 0.4) is 0 Å². The highest BCUT2D eigenvalue weighted by Crippen LogP contribution is 2.44. The molecule has 3 aromatic heterocycles. The van der Waals surface area contributed by atoms with Crippen molar-refractivity contribution in [2.45, 2.75) is 20.8 Å². The quantitative estimate of drug-likeness (QED) is 0.346. The van der Waals surface area contributed by atoms with E-state index >= 15 is 0 Å². The number of nitrogens with zero attached hydrogens (tertiary/aromatic N) is 1. The molecule has 4 aromatic rings. The SMILES string of the molecule is C=C/C=C\C=C(/C)c1cc2sc3c4ccc(C)nc4sc3c2cc1C. The highest BCUT2D eigenvalue weighted by molar-refractivity contribution is 7.36. The Hall–Kier alpha value is -2.23. The molecule has 3 heteroatoms. The maximum Gasteiger partial charge on any atom is 0.125 e. The van der Waals surface area contributed by atoms with E-state index < -0.39 is 0 Å². The average molecular weight is 362 g/mol. The third-order valence-corrected chi connectivity index (χ3v) is 6.90. The van der Waals surface area contributed by atoms with Crippen molar-refractivity contribution >= 4 is 57.9 Å². The van der Waals surface area contributed by atoms with Gasteiger partial charge in [-0.2, -0.15) is 0 Å². The van der Waals surface area contributed by atoms with Gasteiger partial charge in [-0.25, -0.2) is 4.98 Å². The van der Waals surface area contributed by atoms with Gasteiger partial charge in [0.15, 0.2) is 0 Å². The van der Waals surface area contributed by atoms with Crippen LogP contribution in [-0.4, -0.2) is 4.98 Å². The number of fused-ring (bicyclic) bond motifs is 5. The molecule has 0 amide bonds. The van der Waals surface area contributed by atoms with Gasteiger partial charge in [-0.15, -0.1) is 22.7 Å². The Balaban J connectivity index is 1.94. The van der Waals surface area contributed by atoms with E-state index in [2.05, 4.69) is 57.7 Å². The van der Waals surface area contributed by atoms with Crippen LogP contribution in [0.15, 0.2) is 55.1 Å². The van der Waals surface area contributed by atoms with Crippen LogP contribution >= 0.6 is 22.7 Å². The van der Waals surface area contributed by atoms with E-state index in [0.717, 1.165) is 10.5 Å². The molecule has 0 atom stereocenters. The molecule has 124 valence electrons. The fourth-order valence-corrected chi connectivity index (χ4v) is 5.85. The van der Waals surface area contributed by atoms with E-state index in [0.29, 0.717) is 0 Å². The van der Waals surface area contributed by atoms with E-state index in [4.69, 9.17) is 4.98 Å². The molecule has 0 saturated heterocycles. The molecule has 0 aliphatic carbocycles. The van der Waals surface area contributed by atoms with Gasteiger partial charge in [0, 0.05) is 21.2 Å². The predicted molar refractivity (Wildman–Crippen MR) is 115 cm³/mol. The standard InChI is InChI=1S/C22H19NS2/c1-5-6-7-8-13(2)17-12-19-18(11-14(17)3)21-20(24-19)16-10-9-15(4)23-22(16)25-21/h5-12H,1H2,2-4H3/b7-6-,13-8+. The van der Waals surface area contributed by atoms with Gasteiger partial charge >= 0.3 is 0 Å². The second-order valence-electron chi connectivity index (χ2n) is 6.30. The van der Waals surface area contributed by atoms with Gasteiger partial charge in [-0.1, -0.05) is 30.9 Å². The van der Waals surface area contributed by atoms with Crippen molar-refractivity contribution in [1.29, 1.82) is 0 Å². The summed E-state index contributed by atoms with van der Waals surface area (Å²) in [6.45, 7) is 10.1. The molecule has 0 aliphatic rings. The molecule has 3 heterocycles. The van der Waals surface area contributed by atoms with Gasteiger partial charge in [0.25, 0.3) is 0 Å². The first-order valence-corrected chi connectivity index (χ1v) is 9.91. The number of hydrogen-bond donors (Lipinski definition) is 0. The number of pyridine rings is 1. The second kappa shape index (κ2) is 6.25. The van der Waals surface area contributed by atoms with E-state index in [1.54, 1.807) is 6.08 Å². The molecular formula is C22H19NS2. The van der Waals surface area contributed by atoms with Crippen molar-refractivity contribution < 1.29 is 0 Å². The molecule has 1 aromatic carbocycles. The monoisotopic (exact) mass is 361 g/mol. The topological polar surface area (TPSA) is 12.9 Å². The first-order valence-electron chi connectivity index (χ1n) is 8.28. The zero-order chi connectivity index (χ0) is 17.6. The number of benzene rings is 1. The summed E-state index contributed by atoms with van der Waals surface area (Å²) in [6, 6.07) is 8.99. The van der Waals surface area contributed by atoms with Crippen molar-refractivity contribution in [2.75, 3.05) is 0 Å². The number of aromatic nitrogens is 1. The van der Waals surface area contributed by atoms with Gasteiger partial charge in [0.1, 0.15) is 4.83 Å². The van der Waals surface area contributed by atoms with Crippen LogP contribution in [-0.2, 0) is 0 Å². The summed E-state index contributed by atoms with van der Waals surface area (Å²) in [4.78, 5) is 5.85. The maximum atomic E-state index is 4.70. The van der Waals surface area contributed by atoms with Crippen LogP contribution in [0, 0.1) is 13.8 Å². The Labute approximate surface area is 155 Å². The van der Waals surface area contributed by atoms with Crippen LogP contribution in [0.1, 0.15) is 23.7 Å². The van der Waals surface area contributed by atoms with Crippen LogP contribution in [0.25, 0.3) is 35.3 Å². The minimum absolute atomic E-state index is 1.08. The largest absolute Gasteiger partial charge is 0.242 e. The summed E-state index contributed by atoms with van der Waals surface area (Å²) in [5.74, 6) is 0. The number of rotatable bonds is 3. The Morgan fingerprint density at radius 2 is 1.84 bits per heavy atom. The fraction of sp³-hybridized carbons (Fsp3) is 0.136. The van der Waals surface area contributed by atoms with Gasteiger partial charge in [0.2, 0.25) is 0 Å². The Morgan fingerprint density at radius 1 is 1.04 bits per heavy atom. The number of allylic oxidation sites excluding steroid dienone is 5. The molecule has 0 N–H and O–H groups in total. The zero-order valence-electron chi connectivity index (χ0n) is 14.6. The predicted octanol–water partition coefficient (Wildman–Crippen LogP) is 7.43. The Kier molecular flexibility index (Phi) is 4.06. The molecule has 0 bridgehead atoms. The molecule has 1 nitrogen and oxygen atoms in total. The number of thiophene rings is 2. The molecule has 0 fully saturated rings. The lowest BCUT2D eigenvalue weighted by atomic mass is 10.00. The minimum Gasteiger partial charge on any atom is -0.242 e. The summed E-state index contributed by atoms with van der Waals surface area (Å²) in [7, 11) is 0. The van der Waals surface area contributed by atoms with Crippen molar-refractivity contribution in [3.8, 4) is 0 Å². The van der Waals surface area contributed by atoms with Crippen molar-refractivity contribution in [3.63, 3.8) is 0 Å². The number of aryl methyl sites for hydroxylation is 2. The summed E-state index contributed by atoms with van der Waals surface area (Å²) in [6.07, 6.45) is 7.95. The first-order chi connectivity index (χ1) is 12.1. The van der Waals surface area contributed by atoms with Crippen LogP contribution in [0.4, 0.5) is 0 Å². The third kappa shape index (κ3) is 2.74. The van der Waals surface area contributed by atoms with E-state index in [-0.39, 0.29) is 0 Å². The normalized spacial score (nSPS) is 12.8. The second-order valence-corrected chi connectivity index (χ2v) is 8.35. The van der Waals surface area contributed by atoms with E-state index in [9.17, 15) is 0 Å². The molecule has 0 unspecified atom stereocenters. The molecule has 25 heavy (non-hydrogen) atoms. The van der Waals surface area contributed by atoms with Crippen LogP contribution < -0.4 is 0 Å². The van der Waals surface area contributed by atoms with Crippen molar-refractivity contribution in [3.05, 3.63) is 72.0 Å². The average Bonchev–Trinajstić information content (AvgIpc) is 3.09. The zero-order valence-corrected chi connectivity index (χ0v) is 16.2. The van der Waals surface area contributed by atoms with Crippen LogP contribution in [0.5, 0.6) is 0 Å². The van der Waals surface area contributed by atoms with Gasteiger partial charge in [-0.05, 0) is 61.7 Å². The molecular weight excluding hydrogens is 342 g/mol. The van der Waals surface area contributed by atoms with Crippen molar-refractivity contribution in [2.24, 2.45) is 0 Å². The molecule has 0 saturated carbocycles. The molecule has 0 spiro atoms. The maximum absolute atomic E-state index is 4.70. The summed E-state index contributed by atoms with van der Waals surface area (Å²) in [5, 5.41) is 2.64. The highest BCUT2D eigenvalue weighted by Gasteiger charge is 2.14. The van der Waals surface area contributed by atoms with Gasteiger partial charge < -0.3 is 0 Å². The lowest BCUT2D eigenvalue weighted by Gasteiger charge is -2.06. The molecule has 0 aliphatic heterocycles. The fourth-order valence-electron chi connectivity index (χ4n) is 3.18. The Morgan fingerprint density at radius 3 is 2.64 bits per heavy atom. The number of hydrogen-bond acceptors (Lipinski definition) is 3. The van der Waals surface area contributed by atoms with E-state index in [1.165, 1.54) is 41.6 Å². The van der Waals surface area contributed by atoms with Crippen LogP contribution in [0.2, 0.25) is 0 Å². The smallest absolute Gasteiger partial charge is 0.125 e. The van der Waals surface area contributed by atoms with Gasteiger partial charge in [-0.3, -0.25) is 0 Å². The lowest BCUT2D eigenvalue weighted by Crippen LogP contribution is -1.85. The third-order valence-electron chi connectivity index (χ3n) is 4.45. The summed E-state index contributed by atoms with van der Waals surface area (Å²) in [5.41, 5.74) is 4.98. The van der Waals surface area contributed by atoms with E-state index in [1.807, 2.05) is 34.8 Å². The van der Waals surface area contributed by atoms with Gasteiger partial charge in [0.05, 0.1) is 9.40 Å². The summed E-state index contributed by atoms with van der Waals surface area (Å²) < 4.78 is 4.09. The minimum atomic E-state index is 1.08. The molecule has 4 rings (SSSR count). The highest BCUT2D eigenvalue weighted by atomic mass is 32.1. The first kappa shape index (κ1) is 16.2. The van der Waals surface area contributed by atoms with Crippen molar-refractivity contribution in [1.82, 2.24) is 4.98 Å². The Bertz CT molecular complexity index is 1190. The lowest BCUT2D eigenvalue weighted by molar-refractivity contribution is 1.27. The summed E-state index contributed by atoms with van der Waals surface area (Å²) >= 11 is 3.70.